The van der Waals surface area contributed by atoms with Crippen LogP contribution in [0.3, 0.4) is 0 Å². The first kappa shape index (κ1) is 24.3. The van der Waals surface area contributed by atoms with Crippen LogP contribution in [0.25, 0.3) is 43.8 Å². The average Bonchev–Trinajstić information content (AvgIpc) is 2.99. The smallest absolute Gasteiger partial charge is 0.154 e. The second-order valence-electron chi connectivity index (χ2n) is 9.96. The molecule has 0 aliphatic rings. The fourth-order valence-electron chi connectivity index (χ4n) is 4.99. The summed E-state index contributed by atoms with van der Waals surface area (Å²) in [5.74, 6) is 1.00. The van der Waals surface area contributed by atoms with E-state index in [4.69, 9.17) is 10.4 Å². The summed E-state index contributed by atoms with van der Waals surface area (Å²) in [5, 5.41) is 13.4. The van der Waals surface area contributed by atoms with Gasteiger partial charge < -0.3 is 4.90 Å². The van der Waals surface area contributed by atoms with Gasteiger partial charge in [-0.3, -0.25) is 5.41 Å². The molecule has 0 amide bonds. The number of amidine groups is 2. The van der Waals surface area contributed by atoms with E-state index >= 15 is 0 Å². The van der Waals surface area contributed by atoms with E-state index in [1.807, 2.05) is 37.2 Å². The molecule has 0 aliphatic heterocycles. The van der Waals surface area contributed by atoms with Gasteiger partial charge in [-0.2, -0.15) is 0 Å². The molecule has 6 aromatic carbocycles. The van der Waals surface area contributed by atoms with Gasteiger partial charge in [0, 0.05) is 25.2 Å². The Morgan fingerprint density at radius 1 is 0.487 bits per heavy atom. The van der Waals surface area contributed by atoms with Crippen LogP contribution in [0, 0.1) is 5.41 Å². The Bertz CT molecular complexity index is 1830. The lowest BCUT2D eigenvalue weighted by Gasteiger charge is -2.17. The summed E-state index contributed by atoms with van der Waals surface area (Å²) in [4.78, 5) is 6.76. The van der Waals surface area contributed by atoms with Crippen LogP contribution in [0.2, 0.25) is 0 Å². The number of fused-ring (bicyclic) bond motifs is 2. The van der Waals surface area contributed by atoms with Crippen LogP contribution in [0.15, 0.2) is 138 Å². The minimum absolute atomic E-state index is 0.243. The summed E-state index contributed by atoms with van der Waals surface area (Å²) in [6.45, 7) is 0. The molecule has 0 bridgehead atoms. The van der Waals surface area contributed by atoms with E-state index in [-0.39, 0.29) is 5.84 Å². The molecule has 0 spiro atoms. The number of aliphatic imine (C=N–C) groups is 1. The Morgan fingerprint density at radius 3 is 1.44 bits per heavy atom. The van der Waals surface area contributed by atoms with Crippen LogP contribution in [0.5, 0.6) is 0 Å². The topological polar surface area (TPSA) is 39.5 Å². The Balaban J connectivity index is 1.30. The highest BCUT2D eigenvalue weighted by Gasteiger charge is 2.11. The molecule has 0 unspecified atom stereocenters. The predicted octanol–water partition coefficient (Wildman–Crippen LogP) is 8.66. The van der Waals surface area contributed by atoms with E-state index < -0.39 is 0 Å². The highest BCUT2D eigenvalue weighted by molar-refractivity contribution is 6.12. The maximum atomic E-state index is 8.83. The van der Waals surface area contributed by atoms with Gasteiger partial charge in [0.2, 0.25) is 0 Å². The van der Waals surface area contributed by atoms with Crippen molar-refractivity contribution in [2.24, 2.45) is 4.99 Å². The number of hydrogen-bond donors (Lipinski definition) is 1. The molecule has 188 valence electrons. The zero-order valence-corrected chi connectivity index (χ0v) is 22.1. The van der Waals surface area contributed by atoms with Crippen LogP contribution in [0.4, 0.5) is 0 Å². The fraction of sp³-hybridized carbons (Fsp3) is 0.0556. The monoisotopic (exact) mass is 503 g/mol. The Morgan fingerprint density at radius 2 is 0.923 bits per heavy atom. The van der Waals surface area contributed by atoms with E-state index in [0.29, 0.717) is 0 Å². The molecule has 39 heavy (non-hydrogen) atoms. The molecule has 0 saturated carbocycles. The third-order valence-electron chi connectivity index (χ3n) is 7.07. The molecule has 0 saturated heterocycles. The first-order chi connectivity index (χ1) is 19.0. The second kappa shape index (κ2) is 10.4. The summed E-state index contributed by atoms with van der Waals surface area (Å²) in [6, 6.07) is 46.3. The SMILES string of the molecule is CN(C)/C(=N\C(=N)c1ccc2cc(-c3ccccc3)ccc2c1)c1ccc2cc(-c3ccccc3)ccc2c1. The standard InChI is InChI=1S/C36H29N3/c1-39(2)36(34-20-18-30-22-28(14-16-32(30)24-34)26-11-7-4-8-12-26)38-35(37)33-19-17-29-21-27(13-15-31(29)23-33)25-9-5-3-6-10-25/h3-24,37H,1-2H3/b37-35?,38-36-. The highest BCUT2D eigenvalue weighted by Crippen LogP contribution is 2.27. The summed E-state index contributed by atoms with van der Waals surface area (Å²) in [5.41, 5.74) is 6.57. The van der Waals surface area contributed by atoms with Crippen LogP contribution in [0.1, 0.15) is 11.1 Å². The number of hydrogen-bond acceptors (Lipinski definition) is 1. The molecule has 0 atom stereocenters. The summed E-state index contributed by atoms with van der Waals surface area (Å²) in [6.07, 6.45) is 0. The quantitative estimate of drug-likeness (QED) is 0.190. The molecule has 0 aromatic heterocycles. The number of nitrogens with one attached hydrogen (secondary N) is 1. The fourth-order valence-corrected chi connectivity index (χ4v) is 4.99. The molecule has 0 radical (unpaired) electrons. The molecule has 0 aliphatic carbocycles. The van der Waals surface area contributed by atoms with Crippen molar-refractivity contribution >= 4 is 33.2 Å². The van der Waals surface area contributed by atoms with Crippen molar-refractivity contribution < 1.29 is 0 Å². The van der Waals surface area contributed by atoms with Crippen LogP contribution in [-0.4, -0.2) is 30.7 Å². The Kier molecular flexibility index (Phi) is 6.48. The van der Waals surface area contributed by atoms with Gasteiger partial charge in [0.15, 0.2) is 5.84 Å². The molecule has 6 aromatic rings. The number of rotatable bonds is 4. The van der Waals surface area contributed by atoms with E-state index in [9.17, 15) is 0 Å². The van der Waals surface area contributed by atoms with Crippen molar-refractivity contribution in [3.8, 4) is 22.3 Å². The molecule has 0 heterocycles. The Labute approximate surface area is 229 Å². The highest BCUT2D eigenvalue weighted by atomic mass is 15.1. The Hall–Kier alpha value is -5.02. The van der Waals surface area contributed by atoms with Crippen LogP contribution in [-0.2, 0) is 0 Å². The number of nitrogens with zero attached hydrogens (tertiary/aromatic N) is 2. The minimum atomic E-state index is 0.243. The van der Waals surface area contributed by atoms with Crippen LogP contribution >= 0.6 is 0 Å². The van der Waals surface area contributed by atoms with Gasteiger partial charge in [0.05, 0.1) is 0 Å². The lowest BCUT2D eigenvalue weighted by Crippen LogP contribution is -2.24. The van der Waals surface area contributed by atoms with E-state index in [1.165, 1.54) is 27.6 Å². The first-order valence-electron chi connectivity index (χ1n) is 13.1. The second-order valence-corrected chi connectivity index (χ2v) is 9.96. The maximum Gasteiger partial charge on any atom is 0.154 e. The van der Waals surface area contributed by atoms with Gasteiger partial charge in [0.25, 0.3) is 0 Å². The third kappa shape index (κ3) is 5.07. The maximum absolute atomic E-state index is 8.83. The molecule has 3 heteroatoms. The van der Waals surface area contributed by atoms with Gasteiger partial charge in [-0.15, -0.1) is 0 Å². The van der Waals surface area contributed by atoms with E-state index in [2.05, 4.69) is 115 Å². The van der Waals surface area contributed by atoms with Gasteiger partial charge in [-0.25, -0.2) is 4.99 Å². The van der Waals surface area contributed by atoms with E-state index in [0.717, 1.165) is 33.1 Å². The van der Waals surface area contributed by atoms with Crippen molar-refractivity contribution in [1.82, 2.24) is 4.90 Å². The average molecular weight is 504 g/mol. The largest absolute Gasteiger partial charge is 0.362 e. The number of benzene rings is 6. The molecule has 0 fully saturated rings. The zero-order valence-electron chi connectivity index (χ0n) is 22.1. The molecular formula is C36H29N3. The molecule has 3 nitrogen and oxygen atoms in total. The van der Waals surface area contributed by atoms with Gasteiger partial charge in [-0.1, -0.05) is 109 Å². The molecule has 6 rings (SSSR count). The van der Waals surface area contributed by atoms with Crippen molar-refractivity contribution in [3.63, 3.8) is 0 Å². The minimum Gasteiger partial charge on any atom is -0.362 e. The van der Waals surface area contributed by atoms with Gasteiger partial charge >= 0.3 is 0 Å². The van der Waals surface area contributed by atoms with Crippen LogP contribution < -0.4 is 0 Å². The normalized spacial score (nSPS) is 11.6. The summed E-state index contributed by atoms with van der Waals surface area (Å²) >= 11 is 0. The predicted molar refractivity (Wildman–Crippen MR) is 166 cm³/mol. The van der Waals surface area contributed by atoms with Crippen molar-refractivity contribution in [1.29, 1.82) is 5.41 Å². The van der Waals surface area contributed by atoms with Gasteiger partial charge in [0.1, 0.15) is 5.84 Å². The lowest BCUT2D eigenvalue weighted by molar-refractivity contribution is 0.625. The molecule has 1 N–H and O–H groups in total. The zero-order chi connectivity index (χ0) is 26.8. The summed E-state index contributed by atoms with van der Waals surface area (Å²) in [7, 11) is 3.95. The van der Waals surface area contributed by atoms with Crippen molar-refractivity contribution in [3.05, 3.63) is 145 Å². The van der Waals surface area contributed by atoms with Gasteiger partial charge in [-0.05, 0) is 68.1 Å². The first-order valence-corrected chi connectivity index (χ1v) is 13.1. The lowest BCUT2D eigenvalue weighted by atomic mass is 9.99. The summed E-state index contributed by atoms with van der Waals surface area (Å²) < 4.78 is 0. The van der Waals surface area contributed by atoms with Crippen molar-refractivity contribution in [2.75, 3.05) is 14.1 Å². The molecular weight excluding hydrogens is 474 g/mol. The third-order valence-corrected chi connectivity index (χ3v) is 7.07. The van der Waals surface area contributed by atoms with E-state index in [1.54, 1.807) is 0 Å². The van der Waals surface area contributed by atoms with Crippen molar-refractivity contribution in [2.45, 2.75) is 0 Å².